The minimum absolute atomic E-state index is 0.320. The first-order valence-corrected chi connectivity index (χ1v) is 10.2. The van der Waals surface area contributed by atoms with E-state index in [-0.39, 0.29) is 5.91 Å². The van der Waals surface area contributed by atoms with Crippen LogP contribution in [0.25, 0.3) is 0 Å². The van der Waals surface area contributed by atoms with E-state index in [1.54, 1.807) is 30.3 Å². The molecule has 0 unspecified atom stereocenters. The summed E-state index contributed by atoms with van der Waals surface area (Å²) >= 11 is 5.92. The van der Waals surface area contributed by atoms with Crippen LogP contribution in [0.1, 0.15) is 28.4 Å². The lowest BCUT2D eigenvalue weighted by Gasteiger charge is -2.18. The zero-order valence-electron chi connectivity index (χ0n) is 16.9. The van der Waals surface area contributed by atoms with Crippen molar-refractivity contribution < 1.29 is 19.0 Å². The molecule has 0 fully saturated rings. The van der Waals surface area contributed by atoms with Crippen molar-refractivity contribution in [2.45, 2.75) is 13.5 Å². The zero-order chi connectivity index (χ0) is 21.6. The fourth-order valence-electron chi connectivity index (χ4n) is 3.05. The third kappa shape index (κ3) is 5.16. The van der Waals surface area contributed by atoms with E-state index >= 15 is 0 Å². The molecule has 3 aromatic rings. The summed E-state index contributed by atoms with van der Waals surface area (Å²) in [7, 11) is 0. The fourth-order valence-corrected chi connectivity index (χ4v) is 3.18. The van der Waals surface area contributed by atoms with Crippen LogP contribution in [0, 0.1) is 0 Å². The lowest BCUT2D eigenvalue weighted by atomic mass is 10.1. The summed E-state index contributed by atoms with van der Waals surface area (Å²) in [6.07, 6.45) is 0. The molecule has 0 aromatic heterocycles. The van der Waals surface area contributed by atoms with Crippen LogP contribution in [-0.2, 0) is 6.61 Å². The van der Waals surface area contributed by atoms with Crippen molar-refractivity contribution in [3.8, 4) is 17.2 Å². The summed E-state index contributed by atoms with van der Waals surface area (Å²) in [6, 6.07) is 20.0. The van der Waals surface area contributed by atoms with Crippen molar-refractivity contribution in [2.24, 2.45) is 5.10 Å². The molecular weight excluding hydrogens is 416 g/mol. The van der Waals surface area contributed by atoms with Gasteiger partial charge in [0.05, 0.1) is 11.3 Å². The van der Waals surface area contributed by atoms with E-state index in [1.807, 2.05) is 43.3 Å². The quantitative estimate of drug-likeness (QED) is 0.443. The number of benzene rings is 3. The van der Waals surface area contributed by atoms with Crippen LogP contribution in [0.3, 0.4) is 0 Å². The molecule has 1 aliphatic heterocycles. The standard InChI is InChI=1S/C24H21ClN2O4/c1-16(18-8-11-22-23(14-18)30-13-12-29-22)26-27-24(28)20-4-2-3-5-21(20)31-15-17-6-9-19(25)10-7-17/h2-11,14H,12-13,15H2,1H3,(H,27,28)/b26-16+. The molecule has 6 nitrogen and oxygen atoms in total. The van der Waals surface area contributed by atoms with Crippen LogP contribution >= 0.6 is 11.6 Å². The van der Waals surface area contributed by atoms with Gasteiger partial charge in [-0.05, 0) is 55.0 Å². The third-order valence-corrected chi connectivity index (χ3v) is 4.98. The van der Waals surface area contributed by atoms with Crippen molar-refractivity contribution >= 4 is 23.2 Å². The van der Waals surface area contributed by atoms with Gasteiger partial charge in [0.15, 0.2) is 11.5 Å². The van der Waals surface area contributed by atoms with Gasteiger partial charge < -0.3 is 14.2 Å². The van der Waals surface area contributed by atoms with Crippen molar-refractivity contribution in [3.63, 3.8) is 0 Å². The van der Waals surface area contributed by atoms with Crippen LogP contribution in [0.4, 0.5) is 0 Å². The molecule has 0 radical (unpaired) electrons. The average molecular weight is 437 g/mol. The topological polar surface area (TPSA) is 69.2 Å². The van der Waals surface area contributed by atoms with Crippen molar-refractivity contribution in [1.82, 2.24) is 5.43 Å². The highest BCUT2D eigenvalue weighted by Gasteiger charge is 2.14. The van der Waals surface area contributed by atoms with Gasteiger partial charge in [-0.2, -0.15) is 5.10 Å². The predicted octanol–water partition coefficient (Wildman–Crippen LogP) is 4.84. The molecule has 3 aromatic carbocycles. The molecular formula is C24H21ClN2O4. The normalized spacial score (nSPS) is 12.9. The second kappa shape index (κ2) is 9.53. The van der Waals surface area contributed by atoms with Gasteiger partial charge in [-0.15, -0.1) is 0 Å². The number of rotatable bonds is 6. The molecule has 0 aliphatic carbocycles. The van der Waals surface area contributed by atoms with Gasteiger partial charge in [0.1, 0.15) is 25.6 Å². The molecule has 1 N–H and O–H groups in total. The second-order valence-electron chi connectivity index (χ2n) is 6.91. The molecule has 31 heavy (non-hydrogen) atoms. The Balaban J connectivity index is 1.44. The summed E-state index contributed by atoms with van der Waals surface area (Å²) in [5.74, 6) is 1.50. The number of para-hydroxylation sites is 1. The number of nitrogens with one attached hydrogen (secondary N) is 1. The molecule has 4 rings (SSSR count). The number of hydrogen-bond acceptors (Lipinski definition) is 5. The Kier molecular flexibility index (Phi) is 6.38. The van der Waals surface area contributed by atoms with E-state index < -0.39 is 0 Å². The first kappa shape index (κ1) is 20.8. The van der Waals surface area contributed by atoms with Crippen LogP contribution < -0.4 is 19.6 Å². The number of hydrazone groups is 1. The number of halogens is 1. The molecule has 0 saturated heterocycles. The largest absolute Gasteiger partial charge is 0.488 e. The second-order valence-corrected chi connectivity index (χ2v) is 7.34. The van der Waals surface area contributed by atoms with E-state index in [1.165, 1.54) is 0 Å². The maximum atomic E-state index is 12.7. The first-order valence-electron chi connectivity index (χ1n) is 9.81. The van der Waals surface area contributed by atoms with Crippen LogP contribution in [0.2, 0.25) is 5.02 Å². The number of nitrogens with zero attached hydrogens (tertiary/aromatic N) is 1. The molecule has 0 spiro atoms. The van der Waals surface area contributed by atoms with Crippen LogP contribution in [0.5, 0.6) is 17.2 Å². The molecule has 1 aliphatic rings. The van der Waals surface area contributed by atoms with Crippen LogP contribution in [-0.4, -0.2) is 24.8 Å². The maximum absolute atomic E-state index is 12.7. The smallest absolute Gasteiger partial charge is 0.275 e. The molecule has 7 heteroatoms. The molecule has 1 amide bonds. The molecule has 0 bridgehead atoms. The molecule has 0 saturated carbocycles. The highest BCUT2D eigenvalue weighted by Crippen LogP contribution is 2.31. The van der Waals surface area contributed by atoms with E-state index in [0.717, 1.165) is 11.1 Å². The number of carbonyl (C=O) groups is 1. The minimum atomic E-state index is -0.358. The Hall–Kier alpha value is -3.51. The average Bonchev–Trinajstić information content (AvgIpc) is 2.82. The maximum Gasteiger partial charge on any atom is 0.275 e. The molecule has 0 atom stereocenters. The van der Waals surface area contributed by atoms with Gasteiger partial charge in [-0.1, -0.05) is 35.9 Å². The highest BCUT2D eigenvalue weighted by molar-refractivity contribution is 6.30. The summed E-state index contributed by atoms with van der Waals surface area (Å²) in [5.41, 5.74) is 5.43. The number of carbonyl (C=O) groups excluding carboxylic acids is 1. The Morgan fingerprint density at radius 2 is 1.77 bits per heavy atom. The predicted molar refractivity (Wildman–Crippen MR) is 119 cm³/mol. The van der Waals surface area contributed by atoms with Crippen molar-refractivity contribution in [2.75, 3.05) is 13.2 Å². The number of amides is 1. The Labute approximate surface area is 185 Å². The van der Waals surface area contributed by atoms with Crippen molar-refractivity contribution in [3.05, 3.63) is 88.4 Å². The summed E-state index contributed by atoms with van der Waals surface area (Å²) in [6.45, 7) is 3.18. The van der Waals surface area contributed by atoms with Gasteiger partial charge in [0, 0.05) is 10.6 Å². The number of hydrogen-bond donors (Lipinski definition) is 1. The number of ether oxygens (including phenoxy) is 3. The van der Waals surface area contributed by atoms with Crippen molar-refractivity contribution in [1.29, 1.82) is 0 Å². The molecule has 158 valence electrons. The Bertz CT molecular complexity index is 1110. The summed E-state index contributed by atoms with van der Waals surface area (Å²) < 4.78 is 17.0. The third-order valence-electron chi connectivity index (χ3n) is 4.72. The minimum Gasteiger partial charge on any atom is -0.488 e. The van der Waals surface area contributed by atoms with Gasteiger partial charge >= 0.3 is 0 Å². The Morgan fingerprint density at radius 3 is 2.58 bits per heavy atom. The zero-order valence-corrected chi connectivity index (χ0v) is 17.7. The SMILES string of the molecule is C/C(=N\NC(=O)c1ccccc1OCc1ccc(Cl)cc1)c1ccc2c(c1)OCCO2. The molecule has 1 heterocycles. The van der Waals surface area contributed by atoms with E-state index in [0.29, 0.717) is 53.4 Å². The van der Waals surface area contributed by atoms with Gasteiger partial charge in [-0.3, -0.25) is 4.79 Å². The van der Waals surface area contributed by atoms with Gasteiger partial charge in [0.25, 0.3) is 5.91 Å². The summed E-state index contributed by atoms with van der Waals surface area (Å²) in [5, 5.41) is 4.90. The van der Waals surface area contributed by atoms with Crippen LogP contribution in [0.15, 0.2) is 71.8 Å². The Morgan fingerprint density at radius 1 is 1.03 bits per heavy atom. The monoisotopic (exact) mass is 436 g/mol. The highest BCUT2D eigenvalue weighted by atomic mass is 35.5. The van der Waals surface area contributed by atoms with E-state index in [9.17, 15) is 4.79 Å². The fraction of sp³-hybridized carbons (Fsp3) is 0.167. The van der Waals surface area contributed by atoms with Gasteiger partial charge in [-0.25, -0.2) is 5.43 Å². The first-order chi connectivity index (χ1) is 15.1. The summed E-state index contributed by atoms with van der Waals surface area (Å²) in [4.78, 5) is 12.7. The van der Waals surface area contributed by atoms with E-state index in [2.05, 4.69) is 10.5 Å². The van der Waals surface area contributed by atoms with E-state index in [4.69, 9.17) is 25.8 Å². The lowest BCUT2D eigenvalue weighted by Crippen LogP contribution is -2.20. The number of fused-ring (bicyclic) bond motifs is 1. The van der Waals surface area contributed by atoms with Gasteiger partial charge in [0.2, 0.25) is 0 Å². The lowest BCUT2D eigenvalue weighted by molar-refractivity contribution is 0.0950.